The third-order valence-electron chi connectivity index (χ3n) is 6.33. The van der Waals surface area contributed by atoms with E-state index in [2.05, 4.69) is 97.9 Å². The van der Waals surface area contributed by atoms with Crippen LogP contribution in [0.4, 0.5) is 0 Å². The lowest BCUT2D eigenvalue weighted by Gasteiger charge is -2.50. The van der Waals surface area contributed by atoms with Crippen LogP contribution in [-0.2, 0) is 14.7 Å². The molecule has 31 heavy (non-hydrogen) atoms. The molecule has 3 aromatic carbocycles. The average molecular weight is 431 g/mol. The van der Waals surface area contributed by atoms with Gasteiger partial charge in [-0.15, -0.1) is 0 Å². The Morgan fingerprint density at radius 1 is 0.903 bits per heavy atom. The van der Waals surface area contributed by atoms with Crippen molar-refractivity contribution in [2.24, 2.45) is 5.92 Å². The molecule has 0 aliphatic carbocycles. The fourth-order valence-electron chi connectivity index (χ4n) is 4.94. The van der Waals surface area contributed by atoms with Gasteiger partial charge in [0.25, 0.3) is 0 Å². The number of ether oxygens (including phenoxy) is 1. The SMILES string of the molecule is CCCCOC(=O)C1CCCP(c2ccccc2)C1(c1ccccc1)c1ccccc1. The molecule has 1 fully saturated rings. The van der Waals surface area contributed by atoms with Gasteiger partial charge in [-0.1, -0.05) is 112 Å². The lowest BCUT2D eigenvalue weighted by atomic mass is 9.77. The van der Waals surface area contributed by atoms with Crippen LogP contribution in [0.5, 0.6) is 0 Å². The Balaban J connectivity index is 1.92. The van der Waals surface area contributed by atoms with Gasteiger partial charge in [-0.25, -0.2) is 0 Å². The van der Waals surface area contributed by atoms with E-state index in [0.717, 1.165) is 31.8 Å². The molecule has 0 amide bonds. The minimum absolute atomic E-state index is 0.0377. The summed E-state index contributed by atoms with van der Waals surface area (Å²) in [4.78, 5) is 13.6. The van der Waals surface area contributed by atoms with E-state index in [1.165, 1.54) is 16.4 Å². The first-order valence-electron chi connectivity index (χ1n) is 11.4. The number of hydrogen-bond acceptors (Lipinski definition) is 2. The van der Waals surface area contributed by atoms with E-state index >= 15 is 0 Å². The van der Waals surface area contributed by atoms with Crippen molar-refractivity contribution in [3.63, 3.8) is 0 Å². The fraction of sp³-hybridized carbons (Fsp3) is 0.321. The number of hydrogen-bond donors (Lipinski definition) is 0. The summed E-state index contributed by atoms with van der Waals surface area (Å²) in [5.74, 6) is -0.224. The van der Waals surface area contributed by atoms with Crippen molar-refractivity contribution in [1.29, 1.82) is 0 Å². The molecule has 0 bridgehead atoms. The zero-order valence-corrected chi connectivity index (χ0v) is 19.1. The van der Waals surface area contributed by atoms with Gasteiger partial charge in [0.05, 0.1) is 17.7 Å². The van der Waals surface area contributed by atoms with E-state index in [9.17, 15) is 4.79 Å². The fourth-order valence-corrected chi connectivity index (χ4v) is 8.52. The smallest absolute Gasteiger partial charge is 0.310 e. The third-order valence-corrected chi connectivity index (χ3v) is 9.69. The molecule has 0 saturated carbocycles. The number of benzene rings is 3. The van der Waals surface area contributed by atoms with Crippen molar-refractivity contribution in [1.82, 2.24) is 0 Å². The van der Waals surface area contributed by atoms with Crippen molar-refractivity contribution in [3.8, 4) is 0 Å². The molecular weight excluding hydrogens is 399 g/mol. The van der Waals surface area contributed by atoms with Crippen LogP contribution in [0.25, 0.3) is 0 Å². The average Bonchev–Trinajstić information content (AvgIpc) is 2.85. The van der Waals surface area contributed by atoms with E-state index < -0.39 is 7.92 Å². The van der Waals surface area contributed by atoms with Gasteiger partial charge in [-0.2, -0.15) is 0 Å². The summed E-state index contributed by atoms with van der Waals surface area (Å²) in [7, 11) is -0.658. The number of carbonyl (C=O) groups is 1. The summed E-state index contributed by atoms with van der Waals surface area (Å²) in [6, 6.07) is 32.2. The molecule has 1 heterocycles. The normalized spacial score (nSPS) is 20.2. The van der Waals surface area contributed by atoms with Gasteiger partial charge in [0.1, 0.15) is 0 Å². The highest BCUT2D eigenvalue weighted by Crippen LogP contribution is 2.66. The van der Waals surface area contributed by atoms with Crippen molar-refractivity contribution in [2.75, 3.05) is 12.8 Å². The minimum Gasteiger partial charge on any atom is -0.465 e. The van der Waals surface area contributed by atoms with Gasteiger partial charge in [0.15, 0.2) is 0 Å². The van der Waals surface area contributed by atoms with E-state index in [1.807, 2.05) is 0 Å². The Morgan fingerprint density at radius 3 is 2.00 bits per heavy atom. The Hall–Kier alpha value is -2.44. The maximum absolute atomic E-state index is 13.6. The molecule has 0 radical (unpaired) electrons. The van der Waals surface area contributed by atoms with E-state index in [4.69, 9.17) is 4.74 Å². The summed E-state index contributed by atoms with van der Waals surface area (Å²) >= 11 is 0. The van der Waals surface area contributed by atoms with Crippen molar-refractivity contribution >= 4 is 19.2 Å². The first-order chi connectivity index (χ1) is 15.3. The minimum atomic E-state index is -0.658. The lowest BCUT2D eigenvalue weighted by molar-refractivity contribution is -0.150. The highest BCUT2D eigenvalue weighted by Gasteiger charge is 2.54. The van der Waals surface area contributed by atoms with Crippen LogP contribution in [0.15, 0.2) is 91.0 Å². The number of carbonyl (C=O) groups excluding carboxylic acids is 1. The van der Waals surface area contributed by atoms with Crippen LogP contribution in [0, 0.1) is 5.92 Å². The lowest BCUT2D eigenvalue weighted by Crippen LogP contribution is -2.45. The zero-order valence-electron chi connectivity index (χ0n) is 18.2. The van der Waals surface area contributed by atoms with Crippen LogP contribution >= 0.6 is 7.92 Å². The van der Waals surface area contributed by atoms with Crippen LogP contribution in [0.1, 0.15) is 43.7 Å². The van der Waals surface area contributed by atoms with Gasteiger partial charge in [-0.3, -0.25) is 4.79 Å². The van der Waals surface area contributed by atoms with E-state index in [0.29, 0.717) is 6.61 Å². The molecule has 4 rings (SSSR count). The molecule has 0 aromatic heterocycles. The standard InChI is InChI=1S/C28H31O2P/c1-2-3-21-30-27(29)26-20-13-22-31(25-18-11-6-12-19-25)28(26,23-14-7-4-8-15-23)24-16-9-5-10-17-24/h4-12,14-19,26H,2-3,13,20-22H2,1H3. The predicted octanol–water partition coefficient (Wildman–Crippen LogP) is 6.49. The van der Waals surface area contributed by atoms with Crippen LogP contribution in [0.2, 0.25) is 0 Å². The highest BCUT2D eigenvalue weighted by molar-refractivity contribution is 7.67. The van der Waals surface area contributed by atoms with Gasteiger partial charge in [-0.05, 0) is 41.9 Å². The van der Waals surface area contributed by atoms with E-state index in [-0.39, 0.29) is 17.0 Å². The van der Waals surface area contributed by atoms with E-state index in [1.54, 1.807) is 0 Å². The molecular formula is C28H31O2P. The Kier molecular flexibility index (Phi) is 7.20. The second kappa shape index (κ2) is 10.2. The Morgan fingerprint density at radius 2 is 1.45 bits per heavy atom. The van der Waals surface area contributed by atoms with Crippen LogP contribution in [0.3, 0.4) is 0 Å². The van der Waals surface area contributed by atoms with Gasteiger partial charge >= 0.3 is 5.97 Å². The second-order valence-electron chi connectivity index (χ2n) is 8.20. The first kappa shape index (κ1) is 21.8. The van der Waals surface area contributed by atoms with Crippen LogP contribution in [-0.4, -0.2) is 18.7 Å². The van der Waals surface area contributed by atoms with Crippen LogP contribution < -0.4 is 5.30 Å². The maximum Gasteiger partial charge on any atom is 0.310 e. The molecule has 2 atom stereocenters. The maximum atomic E-state index is 13.6. The topological polar surface area (TPSA) is 26.3 Å². The molecule has 0 spiro atoms. The molecule has 0 N–H and O–H groups in total. The molecule has 2 nitrogen and oxygen atoms in total. The first-order valence-corrected chi connectivity index (χ1v) is 12.9. The van der Waals surface area contributed by atoms with Crippen molar-refractivity contribution in [3.05, 3.63) is 102 Å². The third kappa shape index (κ3) is 4.32. The molecule has 3 heteroatoms. The number of unbranched alkanes of at least 4 members (excludes halogenated alkanes) is 1. The largest absolute Gasteiger partial charge is 0.465 e. The summed E-state index contributed by atoms with van der Waals surface area (Å²) in [5, 5.41) is 0.970. The summed E-state index contributed by atoms with van der Waals surface area (Å²) in [6.07, 6.45) is 4.96. The zero-order chi connectivity index (χ0) is 21.5. The number of esters is 1. The molecule has 1 saturated heterocycles. The Labute approximate surface area is 187 Å². The van der Waals surface area contributed by atoms with Gasteiger partial charge in [0.2, 0.25) is 0 Å². The number of rotatable bonds is 7. The van der Waals surface area contributed by atoms with Gasteiger partial charge < -0.3 is 4.74 Å². The summed E-state index contributed by atoms with van der Waals surface area (Å²) in [5.41, 5.74) is 2.46. The summed E-state index contributed by atoms with van der Waals surface area (Å²) in [6.45, 7) is 2.64. The highest BCUT2D eigenvalue weighted by atomic mass is 31.1. The second-order valence-corrected chi connectivity index (χ2v) is 10.7. The van der Waals surface area contributed by atoms with Crippen molar-refractivity contribution in [2.45, 2.75) is 37.8 Å². The molecule has 3 aromatic rings. The molecule has 1 aliphatic heterocycles. The quantitative estimate of drug-likeness (QED) is 0.243. The Bertz CT molecular complexity index is 917. The molecule has 1 aliphatic rings. The monoisotopic (exact) mass is 430 g/mol. The summed E-state index contributed by atoms with van der Waals surface area (Å²) < 4.78 is 5.88. The van der Waals surface area contributed by atoms with Crippen molar-refractivity contribution < 1.29 is 9.53 Å². The van der Waals surface area contributed by atoms with Gasteiger partial charge in [0, 0.05) is 0 Å². The molecule has 2 unspecified atom stereocenters. The predicted molar refractivity (Wildman–Crippen MR) is 130 cm³/mol. The molecule has 160 valence electrons.